The summed E-state index contributed by atoms with van der Waals surface area (Å²) in [5.74, 6) is 0.810. The molecule has 2 aromatic carbocycles. The number of rotatable bonds is 6. The molecule has 0 fully saturated rings. The number of carbonyl (C=O) groups is 1. The van der Waals surface area contributed by atoms with Crippen LogP contribution in [-0.2, 0) is 13.2 Å². The number of aryl methyl sites for hydroxylation is 1. The lowest BCUT2D eigenvalue weighted by atomic mass is 10.1. The molecule has 134 valence electrons. The summed E-state index contributed by atoms with van der Waals surface area (Å²) in [6, 6.07) is 17.1. The fraction of sp³-hybridized carbons (Fsp3) is 0.190. The van der Waals surface area contributed by atoms with Gasteiger partial charge in [0, 0.05) is 13.6 Å². The van der Waals surface area contributed by atoms with Gasteiger partial charge in [-0.25, -0.2) is 4.39 Å². The highest BCUT2D eigenvalue weighted by atomic mass is 19.1. The van der Waals surface area contributed by atoms with E-state index in [1.807, 2.05) is 31.2 Å². The Balaban J connectivity index is 1.58. The second-order valence-corrected chi connectivity index (χ2v) is 6.16. The van der Waals surface area contributed by atoms with Crippen LogP contribution in [0.25, 0.3) is 0 Å². The van der Waals surface area contributed by atoms with Gasteiger partial charge < -0.3 is 14.1 Å². The first-order valence-electron chi connectivity index (χ1n) is 8.29. The highest BCUT2D eigenvalue weighted by molar-refractivity contribution is 5.91. The molecule has 3 rings (SSSR count). The van der Waals surface area contributed by atoms with Gasteiger partial charge in [0.25, 0.3) is 5.91 Å². The fourth-order valence-corrected chi connectivity index (χ4v) is 2.48. The molecule has 0 saturated heterocycles. The number of halogens is 1. The molecule has 1 amide bonds. The van der Waals surface area contributed by atoms with E-state index in [0.29, 0.717) is 18.1 Å². The Morgan fingerprint density at radius 2 is 1.73 bits per heavy atom. The van der Waals surface area contributed by atoms with Crippen LogP contribution in [0.15, 0.2) is 65.1 Å². The Bertz CT molecular complexity index is 869. The number of carbonyl (C=O) groups excluding carboxylic acids is 1. The molecule has 0 atom stereocenters. The van der Waals surface area contributed by atoms with Crippen LogP contribution in [0.2, 0.25) is 0 Å². The van der Waals surface area contributed by atoms with Gasteiger partial charge in [0.1, 0.15) is 23.9 Å². The van der Waals surface area contributed by atoms with Gasteiger partial charge in [0.2, 0.25) is 0 Å². The minimum atomic E-state index is -0.320. The van der Waals surface area contributed by atoms with Gasteiger partial charge in [-0.2, -0.15) is 0 Å². The zero-order valence-corrected chi connectivity index (χ0v) is 14.7. The molecule has 0 spiro atoms. The molecule has 0 aliphatic carbocycles. The Hall–Kier alpha value is -3.08. The molecular weight excluding hydrogens is 333 g/mol. The first-order valence-corrected chi connectivity index (χ1v) is 8.29. The Kier molecular flexibility index (Phi) is 5.37. The van der Waals surface area contributed by atoms with Gasteiger partial charge >= 0.3 is 0 Å². The Labute approximate surface area is 151 Å². The van der Waals surface area contributed by atoms with Gasteiger partial charge in [0.15, 0.2) is 5.76 Å². The van der Waals surface area contributed by atoms with Crippen LogP contribution in [0.5, 0.6) is 5.75 Å². The lowest BCUT2D eigenvalue weighted by molar-refractivity contribution is 0.0749. The SMILES string of the molecule is Cc1ccc(CN(C)C(=O)c2ccc(COc3ccc(F)cc3)o2)cc1. The zero-order chi connectivity index (χ0) is 18.5. The molecule has 26 heavy (non-hydrogen) atoms. The van der Waals surface area contributed by atoms with Crippen LogP contribution < -0.4 is 4.74 Å². The maximum absolute atomic E-state index is 12.9. The van der Waals surface area contributed by atoms with E-state index in [-0.39, 0.29) is 24.1 Å². The summed E-state index contributed by atoms with van der Waals surface area (Å²) in [5.41, 5.74) is 2.23. The summed E-state index contributed by atoms with van der Waals surface area (Å²) in [6.07, 6.45) is 0. The normalized spacial score (nSPS) is 10.6. The van der Waals surface area contributed by atoms with Gasteiger partial charge in [-0.3, -0.25) is 4.79 Å². The molecule has 0 aliphatic rings. The van der Waals surface area contributed by atoms with Crippen molar-refractivity contribution in [1.82, 2.24) is 4.90 Å². The highest BCUT2D eigenvalue weighted by Crippen LogP contribution is 2.16. The number of benzene rings is 2. The van der Waals surface area contributed by atoms with Crippen molar-refractivity contribution in [2.45, 2.75) is 20.1 Å². The maximum atomic E-state index is 12.9. The standard InChI is InChI=1S/C21H20FNO3/c1-15-3-5-16(6-4-15)13-23(2)21(24)20-12-11-19(26-20)14-25-18-9-7-17(22)8-10-18/h3-12H,13-14H2,1-2H3. The first-order chi connectivity index (χ1) is 12.5. The second kappa shape index (κ2) is 7.87. The monoisotopic (exact) mass is 353 g/mol. The van der Waals surface area contributed by atoms with E-state index >= 15 is 0 Å². The molecule has 5 heteroatoms. The van der Waals surface area contributed by atoms with Gasteiger partial charge in [-0.15, -0.1) is 0 Å². The maximum Gasteiger partial charge on any atom is 0.289 e. The van der Waals surface area contributed by atoms with Crippen LogP contribution in [-0.4, -0.2) is 17.9 Å². The van der Waals surface area contributed by atoms with Crippen molar-refractivity contribution in [3.8, 4) is 5.75 Å². The summed E-state index contributed by atoms with van der Waals surface area (Å²) in [4.78, 5) is 14.1. The van der Waals surface area contributed by atoms with Gasteiger partial charge in [0.05, 0.1) is 0 Å². The van der Waals surface area contributed by atoms with Crippen LogP contribution in [0.4, 0.5) is 4.39 Å². The van der Waals surface area contributed by atoms with Gasteiger partial charge in [-0.05, 0) is 48.9 Å². The Morgan fingerprint density at radius 3 is 2.42 bits per heavy atom. The van der Waals surface area contributed by atoms with E-state index < -0.39 is 0 Å². The van der Waals surface area contributed by atoms with E-state index in [9.17, 15) is 9.18 Å². The lowest BCUT2D eigenvalue weighted by Gasteiger charge is -2.16. The first kappa shape index (κ1) is 17.7. The minimum absolute atomic E-state index is 0.167. The third-order valence-corrected chi connectivity index (χ3v) is 3.95. The summed E-state index contributed by atoms with van der Waals surface area (Å²) < 4.78 is 24.0. The molecule has 4 nitrogen and oxygen atoms in total. The van der Waals surface area contributed by atoms with Gasteiger partial charge in [-0.1, -0.05) is 29.8 Å². The molecule has 1 heterocycles. The molecule has 0 aliphatic heterocycles. The number of nitrogens with zero attached hydrogens (tertiary/aromatic N) is 1. The average Bonchev–Trinajstić information content (AvgIpc) is 3.11. The molecule has 0 unspecified atom stereocenters. The summed E-state index contributed by atoms with van der Waals surface area (Å²) >= 11 is 0. The van der Waals surface area contributed by atoms with Crippen LogP contribution in [0.3, 0.4) is 0 Å². The van der Waals surface area contributed by atoms with Crippen molar-refractivity contribution in [3.05, 3.63) is 89.1 Å². The number of hydrogen-bond acceptors (Lipinski definition) is 3. The van der Waals surface area contributed by atoms with Crippen LogP contribution in [0, 0.1) is 12.7 Å². The fourth-order valence-electron chi connectivity index (χ4n) is 2.48. The minimum Gasteiger partial charge on any atom is -0.486 e. The third kappa shape index (κ3) is 4.51. The van der Waals surface area contributed by atoms with Crippen LogP contribution >= 0.6 is 0 Å². The summed E-state index contributed by atoms with van der Waals surface area (Å²) in [5, 5.41) is 0. The topological polar surface area (TPSA) is 42.7 Å². The van der Waals surface area contributed by atoms with E-state index in [0.717, 1.165) is 5.56 Å². The van der Waals surface area contributed by atoms with Crippen molar-refractivity contribution in [2.75, 3.05) is 7.05 Å². The van der Waals surface area contributed by atoms with Crippen molar-refractivity contribution in [3.63, 3.8) is 0 Å². The number of furan rings is 1. The molecule has 0 saturated carbocycles. The predicted molar refractivity (Wildman–Crippen MR) is 96.4 cm³/mol. The van der Waals surface area contributed by atoms with E-state index in [2.05, 4.69) is 0 Å². The molecule has 1 aromatic heterocycles. The average molecular weight is 353 g/mol. The summed E-state index contributed by atoms with van der Waals surface area (Å²) in [6.45, 7) is 2.69. The molecule has 0 N–H and O–H groups in total. The van der Waals surface area contributed by atoms with Crippen molar-refractivity contribution >= 4 is 5.91 Å². The number of hydrogen-bond donors (Lipinski definition) is 0. The second-order valence-electron chi connectivity index (χ2n) is 6.16. The third-order valence-electron chi connectivity index (χ3n) is 3.95. The lowest BCUT2D eigenvalue weighted by Crippen LogP contribution is -2.25. The number of ether oxygens (including phenoxy) is 1. The van der Waals surface area contributed by atoms with Crippen molar-refractivity contribution in [1.29, 1.82) is 0 Å². The Morgan fingerprint density at radius 1 is 1.04 bits per heavy atom. The summed E-state index contributed by atoms with van der Waals surface area (Å²) in [7, 11) is 1.74. The largest absolute Gasteiger partial charge is 0.486 e. The van der Waals surface area contributed by atoms with E-state index in [4.69, 9.17) is 9.15 Å². The van der Waals surface area contributed by atoms with Crippen molar-refractivity contribution < 1.29 is 18.3 Å². The van der Waals surface area contributed by atoms with E-state index in [1.165, 1.54) is 17.7 Å². The molecule has 0 radical (unpaired) electrons. The smallest absolute Gasteiger partial charge is 0.289 e. The predicted octanol–water partition coefficient (Wildman–Crippen LogP) is 4.58. The molecule has 0 bridgehead atoms. The number of amides is 1. The zero-order valence-electron chi connectivity index (χ0n) is 14.7. The van der Waals surface area contributed by atoms with Crippen molar-refractivity contribution in [2.24, 2.45) is 0 Å². The molecular formula is C21H20FNO3. The van der Waals surface area contributed by atoms with Crippen LogP contribution in [0.1, 0.15) is 27.4 Å². The van der Waals surface area contributed by atoms with E-state index in [1.54, 1.807) is 36.2 Å². The highest BCUT2D eigenvalue weighted by Gasteiger charge is 2.16. The quantitative estimate of drug-likeness (QED) is 0.651. The molecule has 3 aromatic rings.